The molecule has 1 aliphatic rings. The molecule has 0 spiro atoms. The average molecular weight is 364 g/mol. The van der Waals surface area contributed by atoms with Gasteiger partial charge in [-0.25, -0.2) is 0 Å². The van der Waals surface area contributed by atoms with Crippen molar-refractivity contribution in [3.63, 3.8) is 0 Å². The van der Waals surface area contributed by atoms with Crippen molar-refractivity contribution < 1.29 is 14.1 Å². The van der Waals surface area contributed by atoms with Gasteiger partial charge in [-0.2, -0.15) is 4.98 Å². The van der Waals surface area contributed by atoms with Gasteiger partial charge in [-0.1, -0.05) is 41.6 Å². The smallest absolute Gasteiger partial charge is 0.249 e. The second kappa shape index (κ2) is 8.09. The first-order valence-corrected chi connectivity index (χ1v) is 8.97. The monoisotopic (exact) mass is 364 g/mol. The van der Waals surface area contributed by atoms with Gasteiger partial charge in [0.15, 0.2) is 0 Å². The molecule has 7 nitrogen and oxygen atoms in total. The molecule has 4 rings (SSSR count). The summed E-state index contributed by atoms with van der Waals surface area (Å²) >= 11 is 0. The summed E-state index contributed by atoms with van der Waals surface area (Å²) in [5, 5.41) is 4.01. The number of amides is 1. The standard InChI is InChI=1S/C20H20N4O3/c25-18(14-26-13-15-7-2-1-3-8-15)24-12-6-10-17(24)20-22-19(23-27-20)16-9-4-5-11-21-16/h1-5,7-9,11,17H,6,10,12-14H2/t17-/m0/s1. The lowest BCUT2D eigenvalue weighted by molar-refractivity contribution is -0.138. The van der Waals surface area contributed by atoms with Crippen molar-refractivity contribution in [2.24, 2.45) is 0 Å². The van der Waals surface area contributed by atoms with Crippen molar-refractivity contribution in [2.45, 2.75) is 25.5 Å². The van der Waals surface area contributed by atoms with Crippen LogP contribution in [-0.2, 0) is 16.1 Å². The van der Waals surface area contributed by atoms with Crippen LogP contribution >= 0.6 is 0 Å². The Morgan fingerprint density at radius 3 is 2.85 bits per heavy atom. The highest BCUT2D eigenvalue weighted by Crippen LogP contribution is 2.31. The van der Waals surface area contributed by atoms with Gasteiger partial charge in [-0.15, -0.1) is 0 Å². The zero-order valence-electron chi connectivity index (χ0n) is 14.8. The maximum absolute atomic E-state index is 12.6. The molecule has 1 saturated heterocycles. The minimum atomic E-state index is -0.206. The molecular weight excluding hydrogens is 344 g/mol. The number of hydrogen-bond donors (Lipinski definition) is 0. The normalized spacial score (nSPS) is 16.6. The molecule has 1 amide bonds. The topological polar surface area (TPSA) is 81.4 Å². The van der Waals surface area contributed by atoms with E-state index in [0.717, 1.165) is 18.4 Å². The number of benzene rings is 1. The molecule has 138 valence electrons. The van der Waals surface area contributed by atoms with Gasteiger partial charge in [0.25, 0.3) is 0 Å². The second-order valence-corrected chi connectivity index (χ2v) is 6.39. The highest BCUT2D eigenvalue weighted by atomic mass is 16.5. The van der Waals surface area contributed by atoms with Crippen molar-refractivity contribution in [1.82, 2.24) is 20.0 Å². The molecule has 0 radical (unpaired) electrons. The van der Waals surface area contributed by atoms with Crippen LogP contribution in [0.15, 0.2) is 59.3 Å². The zero-order chi connectivity index (χ0) is 18.5. The summed E-state index contributed by atoms with van der Waals surface area (Å²) in [5.74, 6) is 0.820. The van der Waals surface area contributed by atoms with E-state index in [4.69, 9.17) is 9.26 Å². The summed E-state index contributed by atoms with van der Waals surface area (Å²) in [7, 11) is 0. The van der Waals surface area contributed by atoms with E-state index in [9.17, 15) is 4.79 Å². The Bertz CT molecular complexity index is 883. The summed E-state index contributed by atoms with van der Waals surface area (Å²) in [6, 6.07) is 15.1. The van der Waals surface area contributed by atoms with Crippen LogP contribution in [0.4, 0.5) is 0 Å². The first-order chi connectivity index (χ1) is 13.3. The third-order valence-corrected chi connectivity index (χ3v) is 4.53. The molecule has 0 saturated carbocycles. The van der Waals surface area contributed by atoms with Crippen molar-refractivity contribution in [2.75, 3.05) is 13.2 Å². The molecule has 1 atom stereocenters. The lowest BCUT2D eigenvalue weighted by atomic mass is 10.2. The molecule has 0 unspecified atom stereocenters. The number of carbonyl (C=O) groups is 1. The molecule has 0 bridgehead atoms. The van der Waals surface area contributed by atoms with E-state index in [-0.39, 0.29) is 18.6 Å². The van der Waals surface area contributed by atoms with E-state index in [2.05, 4.69) is 15.1 Å². The Balaban J connectivity index is 1.38. The first-order valence-electron chi connectivity index (χ1n) is 8.97. The number of carbonyl (C=O) groups excluding carboxylic acids is 1. The summed E-state index contributed by atoms with van der Waals surface area (Å²) in [5.41, 5.74) is 1.69. The fourth-order valence-corrected chi connectivity index (χ4v) is 3.20. The Morgan fingerprint density at radius 2 is 2.04 bits per heavy atom. The highest BCUT2D eigenvalue weighted by molar-refractivity contribution is 5.78. The van der Waals surface area contributed by atoms with Crippen LogP contribution in [0.5, 0.6) is 0 Å². The Labute approximate surface area is 157 Å². The summed E-state index contributed by atoms with van der Waals surface area (Å²) in [6.07, 6.45) is 3.38. The van der Waals surface area contributed by atoms with Crippen LogP contribution in [0.2, 0.25) is 0 Å². The van der Waals surface area contributed by atoms with Crippen molar-refractivity contribution in [3.8, 4) is 11.5 Å². The molecule has 1 fully saturated rings. The molecular formula is C20H20N4O3. The number of pyridine rings is 1. The van der Waals surface area contributed by atoms with Crippen LogP contribution in [0.25, 0.3) is 11.5 Å². The van der Waals surface area contributed by atoms with Crippen molar-refractivity contribution in [1.29, 1.82) is 0 Å². The SMILES string of the molecule is O=C(COCc1ccccc1)N1CCC[C@H]1c1nc(-c2ccccn2)no1. The fraction of sp³-hybridized carbons (Fsp3) is 0.300. The number of nitrogens with zero attached hydrogens (tertiary/aromatic N) is 4. The van der Waals surface area contributed by atoms with Gasteiger partial charge in [-0.05, 0) is 30.5 Å². The van der Waals surface area contributed by atoms with Crippen molar-refractivity contribution >= 4 is 5.91 Å². The van der Waals surface area contributed by atoms with Gasteiger partial charge in [0.2, 0.25) is 17.6 Å². The third kappa shape index (κ3) is 4.03. The zero-order valence-corrected chi connectivity index (χ0v) is 14.8. The molecule has 0 N–H and O–H groups in total. The van der Waals surface area contributed by atoms with Crippen LogP contribution in [0.1, 0.15) is 30.3 Å². The van der Waals surface area contributed by atoms with E-state index in [1.54, 1.807) is 11.1 Å². The van der Waals surface area contributed by atoms with Crippen LogP contribution in [-0.4, -0.2) is 39.1 Å². The number of ether oxygens (including phenoxy) is 1. The van der Waals surface area contributed by atoms with E-state index < -0.39 is 0 Å². The van der Waals surface area contributed by atoms with Gasteiger partial charge < -0.3 is 14.2 Å². The first kappa shape index (κ1) is 17.4. The molecule has 27 heavy (non-hydrogen) atoms. The summed E-state index contributed by atoms with van der Waals surface area (Å²) < 4.78 is 11.0. The van der Waals surface area contributed by atoms with E-state index in [0.29, 0.717) is 30.6 Å². The Kier molecular flexibility index (Phi) is 5.20. The quantitative estimate of drug-likeness (QED) is 0.669. The van der Waals surface area contributed by atoms with Gasteiger partial charge in [0.1, 0.15) is 18.3 Å². The molecule has 2 aromatic heterocycles. The lowest BCUT2D eigenvalue weighted by Gasteiger charge is -2.21. The average Bonchev–Trinajstić information content (AvgIpc) is 3.39. The third-order valence-electron chi connectivity index (χ3n) is 4.53. The maximum Gasteiger partial charge on any atom is 0.249 e. The summed E-state index contributed by atoms with van der Waals surface area (Å²) in [4.78, 5) is 23.0. The molecule has 1 aromatic carbocycles. The fourth-order valence-electron chi connectivity index (χ4n) is 3.20. The minimum Gasteiger partial charge on any atom is -0.367 e. The van der Waals surface area contributed by atoms with Gasteiger partial charge in [-0.3, -0.25) is 9.78 Å². The Hall–Kier alpha value is -3.06. The molecule has 0 aliphatic carbocycles. The maximum atomic E-state index is 12.6. The lowest BCUT2D eigenvalue weighted by Crippen LogP contribution is -2.33. The van der Waals surface area contributed by atoms with Gasteiger partial charge in [0.05, 0.1) is 6.61 Å². The number of rotatable bonds is 6. The number of likely N-dealkylation sites (tertiary alicyclic amines) is 1. The molecule has 3 heterocycles. The minimum absolute atomic E-state index is 0.0344. The van der Waals surface area contributed by atoms with Gasteiger partial charge >= 0.3 is 0 Å². The number of aromatic nitrogens is 3. The van der Waals surface area contributed by atoms with E-state index in [1.807, 2.05) is 48.5 Å². The van der Waals surface area contributed by atoms with E-state index >= 15 is 0 Å². The predicted octanol–water partition coefficient (Wildman–Crippen LogP) is 3.01. The van der Waals surface area contributed by atoms with Crippen LogP contribution in [0.3, 0.4) is 0 Å². The van der Waals surface area contributed by atoms with Gasteiger partial charge in [0, 0.05) is 12.7 Å². The molecule has 7 heteroatoms. The van der Waals surface area contributed by atoms with E-state index in [1.165, 1.54) is 0 Å². The van der Waals surface area contributed by atoms with Crippen molar-refractivity contribution in [3.05, 3.63) is 66.2 Å². The van der Waals surface area contributed by atoms with Crippen LogP contribution < -0.4 is 0 Å². The number of hydrogen-bond acceptors (Lipinski definition) is 6. The highest BCUT2D eigenvalue weighted by Gasteiger charge is 2.34. The molecule has 1 aliphatic heterocycles. The summed E-state index contributed by atoms with van der Waals surface area (Å²) in [6.45, 7) is 1.11. The molecule has 3 aromatic rings. The largest absolute Gasteiger partial charge is 0.367 e. The van der Waals surface area contributed by atoms with Crippen LogP contribution in [0, 0.1) is 0 Å². The Morgan fingerprint density at radius 1 is 1.19 bits per heavy atom. The predicted molar refractivity (Wildman–Crippen MR) is 97.3 cm³/mol. The second-order valence-electron chi connectivity index (χ2n) is 6.39.